The third-order valence-corrected chi connectivity index (χ3v) is 4.04. The lowest BCUT2D eigenvalue weighted by Crippen LogP contribution is -2.37. The quantitative estimate of drug-likeness (QED) is 0.814. The van der Waals surface area contributed by atoms with Crippen LogP contribution < -0.4 is 5.32 Å². The van der Waals surface area contributed by atoms with E-state index in [0.29, 0.717) is 12.1 Å². The van der Waals surface area contributed by atoms with Gasteiger partial charge in [-0.15, -0.1) is 0 Å². The van der Waals surface area contributed by atoms with Crippen molar-refractivity contribution in [1.82, 2.24) is 10.2 Å². The Morgan fingerprint density at radius 2 is 1.68 bits per heavy atom. The fourth-order valence-corrected chi connectivity index (χ4v) is 3.04. The van der Waals surface area contributed by atoms with E-state index in [0.717, 1.165) is 6.54 Å². The number of hydrogen-bond donors (Lipinski definition) is 1. The van der Waals surface area contributed by atoms with Crippen molar-refractivity contribution in [1.29, 1.82) is 0 Å². The van der Waals surface area contributed by atoms with Gasteiger partial charge in [0.25, 0.3) is 0 Å². The molecule has 1 aliphatic rings. The lowest BCUT2D eigenvalue weighted by atomic mass is 10.0. The molecule has 2 rings (SSSR count). The topological polar surface area (TPSA) is 15.3 Å². The first-order chi connectivity index (χ1) is 9.25. The highest BCUT2D eigenvalue weighted by molar-refractivity contribution is 5.19. The molecule has 0 amide bonds. The van der Waals surface area contributed by atoms with Crippen LogP contribution in [0.2, 0.25) is 0 Å². The second-order valence-corrected chi connectivity index (χ2v) is 6.08. The number of rotatable bonds is 5. The van der Waals surface area contributed by atoms with E-state index < -0.39 is 0 Å². The predicted octanol–water partition coefficient (Wildman–Crippen LogP) is 3.60. The molecule has 0 spiro atoms. The summed E-state index contributed by atoms with van der Waals surface area (Å²) >= 11 is 0. The second-order valence-electron chi connectivity index (χ2n) is 6.08. The van der Waals surface area contributed by atoms with Gasteiger partial charge in [-0.3, -0.25) is 0 Å². The van der Waals surface area contributed by atoms with Gasteiger partial charge in [0, 0.05) is 18.6 Å². The second kappa shape index (κ2) is 7.66. The number of nitrogens with zero attached hydrogens (tertiary/aromatic N) is 1. The summed E-state index contributed by atoms with van der Waals surface area (Å²) < 4.78 is 0. The maximum atomic E-state index is 3.90. The van der Waals surface area contributed by atoms with Gasteiger partial charge in [-0.25, -0.2) is 0 Å². The molecule has 0 radical (unpaired) electrons. The van der Waals surface area contributed by atoms with E-state index >= 15 is 0 Å². The zero-order valence-corrected chi connectivity index (χ0v) is 12.4. The normalized spacial score (nSPS) is 19.3. The van der Waals surface area contributed by atoms with E-state index in [1.807, 2.05) is 0 Å². The van der Waals surface area contributed by atoms with Gasteiger partial charge in [0.1, 0.15) is 0 Å². The first-order valence-corrected chi connectivity index (χ1v) is 7.71. The van der Waals surface area contributed by atoms with Crippen LogP contribution in [0.3, 0.4) is 0 Å². The number of hydrogen-bond acceptors (Lipinski definition) is 2. The van der Waals surface area contributed by atoms with E-state index in [9.17, 15) is 0 Å². The summed E-state index contributed by atoms with van der Waals surface area (Å²) in [5.74, 6) is 0. The minimum atomic E-state index is 0.458. The summed E-state index contributed by atoms with van der Waals surface area (Å²) in [6.45, 7) is 1.07. The molecule has 0 aromatic heterocycles. The summed E-state index contributed by atoms with van der Waals surface area (Å²) in [5.41, 5.74) is 1.42. The first-order valence-electron chi connectivity index (χ1n) is 7.71. The van der Waals surface area contributed by atoms with Crippen LogP contribution >= 0.6 is 0 Å². The Labute approximate surface area is 118 Å². The molecule has 1 aromatic carbocycles. The van der Waals surface area contributed by atoms with E-state index in [1.165, 1.54) is 44.1 Å². The van der Waals surface area contributed by atoms with Gasteiger partial charge in [-0.2, -0.15) is 0 Å². The molecule has 1 aliphatic carbocycles. The molecular weight excluding hydrogens is 232 g/mol. The highest BCUT2D eigenvalue weighted by Gasteiger charge is 2.18. The average Bonchev–Trinajstić information content (AvgIpc) is 2.67. The Morgan fingerprint density at radius 3 is 2.26 bits per heavy atom. The third-order valence-electron chi connectivity index (χ3n) is 4.04. The monoisotopic (exact) mass is 260 g/mol. The van der Waals surface area contributed by atoms with E-state index in [1.54, 1.807) is 0 Å². The highest BCUT2D eigenvalue weighted by atomic mass is 15.1. The highest BCUT2D eigenvalue weighted by Crippen LogP contribution is 2.21. The molecule has 106 valence electrons. The lowest BCUT2D eigenvalue weighted by molar-refractivity contribution is 0.308. The van der Waals surface area contributed by atoms with Crippen LogP contribution in [0, 0.1) is 0 Å². The van der Waals surface area contributed by atoms with Crippen molar-refractivity contribution in [2.24, 2.45) is 0 Å². The zero-order chi connectivity index (χ0) is 13.5. The molecule has 1 saturated carbocycles. The van der Waals surface area contributed by atoms with Gasteiger partial charge < -0.3 is 10.2 Å². The van der Waals surface area contributed by atoms with Gasteiger partial charge in [0.05, 0.1) is 0 Å². The number of benzene rings is 1. The largest absolute Gasteiger partial charge is 0.308 e. The molecule has 2 heteroatoms. The summed E-state index contributed by atoms with van der Waals surface area (Å²) in [4.78, 5) is 2.28. The lowest BCUT2D eigenvalue weighted by Gasteiger charge is -2.28. The van der Waals surface area contributed by atoms with Crippen LogP contribution in [-0.2, 0) is 0 Å². The van der Waals surface area contributed by atoms with Gasteiger partial charge in [-0.05, 0) is 32.5 Å². The van der Waals surface area contributed by atoms with Crippen LogP contribution in [0.4, 0.5) is 0 Å². The van der Waals surface area contributed by atoms with Crippen LogP contribution in [-0.4, -0.2) is 31.6 Å². The van der Waals surface area contributed by atoms with Crippen molar-refractivity contribution in [2.75, 3.05) is 20.6 Å². The molecule has 19 heavy (non-hydrogen) atoms. The summed E-state index contributed by atoms with van der Waals surface area (Å²) in [5, 5.41) is 3.90. The Morgan fingerprint density at radius 1 is 1.05 bits per heavy atom. The fraction of sp³-hybridized carbons (Fsp3) is 0.647. The van der Waals surface area contributed by atoms with Crippen LogP contribution in [0.1, 0.15) is 50.1 Å². The van der Waals surface area contributed by atoms with Crippen LogP contribution in [0.25, 0.3) is 0 Å². The van der Waals surface area contributed by atoms with Crippen LogP contribution in [0.5, 0.6) is 0 Å². The number of nitrogens with one attached hydrogen (secondary N) is 1. The van der Waals surface area contributed by atoms with Gasteiger partial charge in [-0.1, -0.05) is 56.0 Å². The molecule has 1 N–H and O–H groups in total. The SMILES string of the molecule is CN(C)CC(NC1CCCCCC1)c1ccccc1. The van der Waals surface area contributed by atoms with Crippen molar-refractivity contribution in [3.8, 4) is 0 Å². The maximum absolute atomic E-state index is 3.90. The fourth-order valence-electron chi connectivity index (χ4n) is 3.04. The minimum Gasteiger partial charge on any atom is -0.308 e. The predicted molar refractivity (Wildman–Crippen MR) is 82.4 cm³/mol. The van der Waals surface area contributed by atoms with Crippen LogP contribution in [0.15, 0.2) is 30.3 Å². The Balaban J connectivity index is 2.00. The Bertz CT molecular complexity index is 340. The molecular formula is C17H28N2. The maximum Gasteiger partial charge on any atom is 0.0451 e. The van der Waals surface area contributed by atoms with E-state index in [2.05, 4.69) is 54.6 Å². The average molecular weight is 260 g/mol. The Kier molecular flexibility index (Phi) is 5.87. The molecule has 0 saturated heterocycles. The Hall–Kier alpha value is -0.860. The summed E-state index contributed by atoms with van der Waals surface area (Å²) in [6.07, 6.45) is 8.31. The number of likely N-dealkylation sites (N-methyl/N-ethyl adjacent to an activating group) is 1. The summed E-state index contributed by atoms with van der Waals surface area (Å²) in [7, 11) is 4.31. The van der Waals surface area contributed by atoms with Gasteiger partial charge >= 0.3 is 0 Å². The van der Waals surface area contributed by atoms with Crippen molar-refractivity contribution in [3.05, 3.63) is 35.9 Å². The molecule has 0 aliphatic heterocycles. The van der Waals surface area contributed by atoms with Crippen molar-refractivity contribution in [3.63, 3.8) is 0 Å². The first kappa shape index (κ1) is 14.5. The zero-order valence-electron chi connectivity index (χ0n) is 12.4. The smallest absolute Gasteiger partial charge is 0.0451 e. The van der Waals surface area contributed by atoms with Crippen molar-refractivity contribution >= 4 is 0 Å². The standard InChI is InChI=1S/C17H28N2/c1-19(2)14-17(15-10-6-5-7-11-15)18-16-12-8-3-4-9-13-16/h5-7,10-11,16-18H,3-4,8-9,12-14H2,1-2H3. The molecule has 1 unspecified atom stereocenters. The van der Waals surface area contributed by atoms with Crippen molar-refractivity contribution in [2.45, 2.75) is 50.6 Å². The van der Waals surface area contributed by atoms with Crippen molar-refractivity contribution < 1.29 is 0 Å². The summed E-state index contributed by atoms with van der Waals surface area (Å²) in [6, 6.07) is 12.0. The molecule has 0 bridgehead atoms. The molecule has 2 nitrogen and oxygen atoms in total. The van der Waals surface area contributed by atoms with E-state index in [4.69, 9.17) is 0 Å². The van der Waals surface area contributed by atoms with Gasteiger partial charge in [0.2, 0.25) is 0 Å². The molecule has 1 atom stereocenters. The van der Waals surface area contributed by atoms with E-state index in [-0.39, 0.29) is 0 Å². The third kappa shape index (κ3) is 4.96. The molecule has 1 aromatic rings. The molecule has 1 fully saturated rings. The van der Waals surface area contributed by atoms with Gasteiger partial charge in [0.15, 0.2) is 0 Å². The minimum absolute atomic E-state index is 0.458. The molecule has 0 heterocycles.